The minimum Gasteiger partial charge on any atom is -0.497 e. The van der Waals surface area contributed by atoms with Crippen molar-refractivity contribution < 1.29 is 22.7 Å². The van der Waals surface area contributed by atoms with Crippen LogP contribution >= 0.6 is 0 Å². The molecular weight excluding hydrogens is 598 g/mol. The van der Waals surface area contributed by atoms with Gasteiger partial charge in [0.25, 0.3) is 10.0 Å². The van der Waals surface area contributed by atoms with Crippen molar-refractivity contribution in [2.75, 3.05) is 24.5 Å². The number of benzene rings is 4. The number of amides is 2. The lowest BCUT2D eigenvalue weighted by Gasteiger charge is -2.34. The van der Waals surface area contributed by atoms with Crippen LogP contribution in [0.1, 0.15) is 36.1 Å². The molecular formula is C37H43N3O5S. The minimum atomic E-state index is -4.20. The molecule has 9 heteroatoms. The second-order valence-corrected chi connectivity index (χ2v) is 13.7. The molecule has 0 radical (unpaired) electrons. The summed E-state index contributed by atoms with van der Waals surface area (Å²) in [6.45, 7) is 7.87. The number of methoxy groups -OCH3 is 1. The predicted molar refractivity (Wildman–Crippen MR) is 182 cm³/mol. The molecule has 1 unspecified atom stereocenters. The lowest BCUT2D eigenvalue weighted by molar-refractivity contribution is -0.140. The van der Waals surface area contributed by atoms with Gasteiger partial charge < -0.3 is 15.0 Å². The molecule has 0 saturated carbocycles. The topological polar surface area (TPSA) is 96.0 Å². The Balaban J connectivity index is 1.82. The summed E-state index contributed by atoms with van der Waals surface area (Å²) in [5, 5.41) is 3.02. The maximum Gasteiger partial charge on any atom is 0.264 e. The Morgan fingerprint density at radius 2 is 1.52 bits per heavy atom. The minimum absolute atomic E-state index is 0.0506. The van der Waals surface area contributed by atoms with Crippen molar-refractivity contribution in [1.82, 2.24) is 10.2 Å². The number of ether oxygens (including phenoxy) is 1. The van der Waals surface area contributed by atoms with Crippen LogP contribution < -0.4 is 14.4 Å². The zero-order chi connectivity index (χ0) is 33.3. The average Bonchev–Trinajstić information content (AvgIpc) is 3.05. The second-order valence-electron chi connectivity index (χ2n) is 11.8. The molecule has 0 spiro atoms. The Morgan fingerprint density at radius 1 is 0.848 bits per heavy atom. The third kappa shape index (κ3) is 8.75. The van der Waals surface area contributed by atoms with Crippen molar-refractivity contribution in [1.29, 1.82) is 0 Å². The van der Waals surface area contributed by atoms with Crippen molar-refractivity contribution in [3.05, 3.63) is 125 Å². The van der Waals surface area contributed by atoms with E-state index in [1.54, 1.807) is 36.4 Å². The van der Waals surface area contributed by atoms with Gasteiger partial charge in [-0.15, -0.1) is 0 Å². The monoisotopic (exact) mass is 641 g/mol. The van der Waals surface area contributed by atoms with E-state index in [-0.39, 0.29) is 35.4 Å². The van der Waals surface area contributed by atoms with Gasteiger partial charge in [0.1, 0.15) is 18.3 Å². The third-order valence-electron chi connectivity index (χ3n) is 7.79. The van der Waals surface area contributed by atoms with Crippen molar-refractivity contribution in [2.45, 2.75) is 51.6 Å². The molecule has 8 nitrogen and oxygen atoms in total. The highest BCUT2D eigenvalue weighted by Crippen LogP contribution is 2.28. The molecule has 0 aliphatic heterocycles. The van der Waals surface area contributed by atoms with E-state index in [1.165, 1.54) is 24.1 Å². The van der Waals surface area contributed by atoms with E-state index in [0.717, 1.165) is 26.6 Å². The van der Waals surface area contributed by atoms with Gasteiger partial charge in [0.2, 0.25) is 11.8 Å². The summed E-state index contributed by atoms with van der Waals surface area (Å²) in [7, 11) is -2.71. The molecule has 2 amide bonds. The van der Waals surface area contributed by atoms with Gasteiger partial charge in [0.15, 0.2) is 0 Å². The molecule has 0 saturated heterocycles. The van der Waals surface area contributed by atoms with Crippen LogP contribution in [-0.2, 0) is 32.6 Å². The van der Waals surface area contributed by atoms with Crippen LogP contribution in [0.15, 0.2) is 108 Å². The van der Waals surface area contributed by atoms with Crippen molar-refractivity contribution >= 4 is 27.5 Å². The van der Waals surface area contributed by atoms with Crippen LogP contribution in [0.2, 0.25) is 0 Å². The quantitative estimate of drug-likeness (QED) is 0.185. The summed E-state index contributed by atoms with van der Waals surface area (Å²) in [5.41, 5.74) is 3.88. The van der Waals surface area contributed by atoms with E-state index in [0.29, 0.717) is 12.3 Å². The number of sulfonamides is 1. The zero-order valence-corrected chi connectivity index (χ0v) is 28.0. The van der Waals surface area contributed by atoms with Crippen molar-refractivity contribution in [3.63, 3.8) is 0 Å². The lowest BCUT2D eigenvalue weighted by atomic mass is 10.0. The first kappa shape index (κ1) is 34.2. The number of nitrogens with zero attached hydrogens (tertiary/aromatic N) is 2. The van der Waals surface area contributed by atoms with Gasteiger partial charge in [-0.25, -0.2) is 8.42 Å². The normalized spacial score (nSPS) is 12.0. The predicted octanol–water partition coefficient (Wildman–Crippen LogP) is 5.92. The molecule has 0 bridgehead atoms. The van der Waals surface area contributed by atoms with Crippen molar-refractivity contribution in [3.8, 4) is 5.75 Å². The summed E-state index contributed by atoms with van der Waals surface area (Å²) in [6.07, 6.45) is 0.256. The highest BCUT2D eigenvalue weighted by Gasteiger charge is 2.35. The molecule has 46 heavy (non-hydrogen) atoms. The molecule has 4 rings (SSSR count). The highest BCUT2D eigenvalue weighted by atomic mass is 32.2. The first-order chi connectivity index (χ1) is 22.0. The summed E-state index contributed by atoms with van der Waals surface area (Å²) >= 11 is 0. The molecule has 1 atom stereocenters. The Hall–Kier alpha value is -4.63. The fraction of sp³-hybridized carbons (Fsp3) is 0.297. The molecule has 0 fully saturated rings. The molecule has 0 aliphatic rings. The Labute approximate surface area is 273 Å². The van der Waals surface area contributed by atoms with E-state index in [9.17, 15) is 18.0 Å². The molecule has 1 N–H and O–H groups in total. The van der Waals surface area contributed by atoms with E-state index in [2.05, 4.69) is 5.32 Å². The largest absolute Gasteiger partial charge is 0.497 e. The number of anilines is 1. The Morgan fingerprint density at radius 3 is 2.17 bits per heavy atom. The summed E-state index contributed by atoms with van der Waals surface area (Å²) < 4.78 is 34.9. The first-order valence-electron chi connectivity index (χ1n) is 15.4. The van der Waals surface area contributed by atoms with Gasteiger partial charge in [0, 0.05) is 25.6 Å². The summed E-state index contributed by atoms with van der Waals surface area (Å²) in [4.78, 5) is 30.1. The number of carbonyl (C=O) groups is 2. The van der Waals surface area contributed by atoms with E-state index < -0.39 is 28.5 Å². The van der Waals surface area contributed by atoms with Gasteiger partial charge >= 0.3 is 0 Å². The summed E-state index contributed by atoms with van der Waals surface area (Å²) in [6, 6.07) is 29.4. The number of hydrogen-bond donors (Lipinski definition) is 1. The Bertz CT molecular complexity index is 1720. The number of nitrogens with one attached hydrogen (secondary N) is 1. The van der Waals surface area contributed by atoms with Gasteiger partial charge in [-0.1, -0.05) is 92.2 Å². The van der Waals surface area contributed by atoms with Gasteiger partial charge in [-0.05, 0) is 60.7 Å². The summed E-state index contributed by atoms with van der Waals surface area (Å²) in [5.74, 6) is -0.165. The van der Waals surface area contributed by atoms with E-state index in [1.807, 2.05) is 82.3 Å². The fourth-order valence-corrected chi connectivity index (χ4v) is 6.49. The number of rotatable bonds is 14. The first-order valence-corrected chi connectivity index (χ1v) is 16.8. The van der Waals surface area contributed by atoms with Crippen LogP contribution in [0.5, 0.6) is 5.75 Å². The van der Waals surface area contributed by atoms with Crippen LogP contribution in [-0.4, -0.2) is 51.4 Å². The second kappa shape index (κ2) is 15.6. The molecule has 4 aromatic rings. The fourth-order valence-electron chi connectivity index (χ4n) is 5.08. The van der Waals surface area contributed by atoms with E-state index >= 15 is 0 Å². The molecule has 0 heterocycles. The zero-order valence-electron chi connectivity index (χ0n) is 27.1. The number of hydrogen-bond acceptors (Lipinski definition) is 5. The number of carbonyl (C=O) groups excluding carboxylic acids is 2. The van der Waals surface area contributed by atoms with Crippen LogP contribution in [0.4, 0.5) is 5.69 Å². The van der Waals surface area contributed by atoms with Gasteiger partial charge in [-0.2, -0.15) is 0 Å². The SMILES string of the molecule is COc1cccc(N(CC(=O)N(Cc2ccccc2C)C(Cc2ccccc2)C(=O)NCC(C)C)S(=O)(=O)c2ccc(C)cc2)c1. The van der Waals surface area contributed by atoms with Gasteiger partial charge in [0.05, 0.1) is 17.7 Å². The molecule has 0 aromatic heterocycles. The molecule has 4 aromatic carbocycles. The standard InChI is InChI=1S/C37H43N3O5S/c1-27(2)24-38-37(42)35(22-30-13-7-6-8-14-30)39(25-31-15-10-9-12-29(31)4)36(41)26-40(32-16-11-17-33(23-32)45-5)46(43,44)34-20-18-28(3)19-21-34/h6-21,23,27,35H,22,24-26H2,1-5H3,(H,38,42). The highest BCUT2D eigenvalue weighted by molar-refractivity contribution is 7.92. The lowest BCUT2D eigenvalue weighted by Crippen LogP contribution is -2.53. The van der Waals surface area contributed by atoms with E-state index in [4.69, 9.17) is 4.74 Å². The smallest absolute Gasteiger partial charge is 0.264 e. The van der Waals surface area contributed by atoms with Gasteiger partial charge in [-0.3, -0.25) is 13.9 Å². The average molecular weight is 642 g/mol. The maximum absolute atomic E-state index is 14.6. The molecule has 242 valence electrons. The Kier molecular flexibility index (Phi) is 11.6. The van der Waals surface area contributed by atoms with Crippen LogP contribution in [0.3, 0.4) is 0 Å². The number of aryl methyl sites for hydroxylation is 2. The van der Waals surface area contributed by atoms with Crippen LogP contribution in [0.25, 0.3) is 0 Å². The van der Waals surface area contributed by atoms with Crippen LogP contribution in [0, 0.1) is 19.8 Å². The van der Waals surface area contributed by atoms with Crippen molar-refractivity contribution in [2.24, 2.45) is 5.92 Å². The third-order valence-corrected chi connectivity index (χ3v) is 9.57. The molecule has 0 aliphatic carbocycles. The maximum atomic E-state index is 14.6.